The Morgan fingerprint density at radius 2 is 1.95 bits per heavy atom. The number of nitrogens with two attached hydrogens (primary N) is 1. The van der Waals surface area contributed by atoms with E-state index in [1.165, 1.54) is 6.42 Å². The average molecular weight is 282 g/mol. The van der Waals surface area contributed by atoms with Crippen molar-refractivity contribution in [3.8, 4) is 0 Å². The molecule has 0 aromatic rings. The van der Waals surface area contributed by atoms with E-state index in [0.29, 0.717) is 17.9 Å². The third-order valence-corrected chi connectivity index (χ3v) is 4.91. The topological polar surface area (TPSA) is 55.6 Å². The Morgan fingerprint density at radius 3 is 2.55 bits per heavy atom. The molecule has 116 valence electrons. The predicted molar refractivity (Wildman–Crippen MR) is 80.3 cm³/mol. The van der Waals surface area contributed by atoms with Gasteiger partial charge in [-0.15, -0.1) is 0 Å². The zero-order valence-electron chi connectivity index (χ0n) is 13.2. The average Bonchev–Trinajstić information content (AvgIpc) is 2.72. The molecule has 2 heterocycles. The van der Waals surface area contributed by atoms with Gasteiger partial charge in [0.2, 0.25) is 0 Å². The van der Waals surface area contributed by atoms with Gasteiger partial charge >= 0.3 is 0 Å². The lowest BCUT2D eigenvalue weighted by Crippen LogP contribution is -2.40. The Hall–Kier alpha value is -0.610. The number of likely N-dealkylation sites (tertiary alicyclic amines) is 1. The summed E-state index contributed by atoms with van der Waals surface area (Å²) in [6.07, 6.45) is 5.05. The highest BCUT2D eigenvalue weighted by Gasteiger charge is 2.34. The summed E-state index contributed by atoms with van der Waals surface area (Å²) in [7, 11) is 0. The number of rotatable bonds is 2. The number of hydrogen-bond donors (Lipinski definition) is 1. The summed E-state index contributed by atoms with van der Waals surface area (Å²) in [6, 6.07) is 0. The summed E-state index contributed by atoms with van der Waals surface area (Å²) in [5, 5.41) is 0. The molecule has 0 aromatic heterocycles. The van der Waals surface area contributed by atoms with E-state index >= 15 is 0 Å². The van der Waals surface area contributed by atoms with E-state index in [4.69, 9.17) is 10.5 Å². The van der Waals surface area contributed by atoms with E-state index in [-0.39, 0.29) is 18.1 Å². The van der Waals surface area contributed by atoms with E-state index in [9.17, 15) is 4.79 Å². The molecule has 20 heavy (non-hydrogen) atoms. The molecule has 2 fully saturated rings. The van der Waals surface area contributed by atoms with Crippen LogP contribution in [0.2, 0.25) is 0 Å². The van der Waals surface area contributed by atoms with Crippen molar-refractivity contribution in [3.63, 3.8) is 0 Å². The minimum Gasteiger partial charge on any atom is -0.364 e. The molecule has 0 bridgehead atoms. The molecule has 2 saturated heterocycles. The Morgan fingerprint density at radius 1 is 1.20 bits per heavy atom. The molecule has 2 aliphatic rings. The molecule has 3 atom stereocenters. The highest BCUT2D eigenvalue weighted by atomic mass is 16.5. The van der Waals surface area contributed by atoms with Crippen LogP contribution in [0, 0.1) is 11.3 Å². The molecule has 0 aliphatic carbocycles. The largest absolute Gasteiger partial charge is 0.364 e. The monoisotopic (exact) mass is 282 g/mol. The van der Waals surface area contributed by atoms with E-state index in [2.05, 4.69) is 20.8 Å². The summed E-state index contributed by atoms with van der Waals surface area (Å²) in [4.78, 5) is 14.6. The maximum atomic E-state index is 12.5. The Balaban J connectivity index is 1.89. The third-order valence-electron chi connectivity index (χ3n) is 4.91. The SMILES string of the molecule is CC(C)(C)C1CCCN(C(=O)[C@@H]2CC[C@H](CN)O2)CC1. The fourth-order valence-electron chi connectivity index (χ4n) is 3.45. The van der Waals surface area contributed by atoms with Gasteiger partial charge < -0.3 is 15.4 Å². The second-order valence-corrected chi connectivity index (χ2v) is 7.38. The molecule has 0 saturated carbocycles. The number of hydrogen-bond acceptors (Lipinski definition) is 3. The van der Waals surface area contributed by atoms with Crippen molar-refractivity contribution in [1.82, 2.24) is 4.90 Å². The number of carbonyl (C=O) groups is 1. The molecular formula is C16H30N2O2. The van der Waals surface area contributed by atoms with Gasteiger partial charge in [0.25, 0.3) is 5.91 Å². The van der Waals surface area contributed by atoms with Crippen molar-refractivity contribution in [3.05, 3.63) is 0 Å². The van der Waals surface area contributed by atoms with Crippen molar-refractivity contribution < 1.29 is 9.53 Å². The van der Waals surface area contributed by atoms with Crippen molar-refractivity contribution in [1.29, 1.82) is 0 Å². The fraction of sp³-hybridized carbons (Fsp3) is 0.938. The van der Waals surface area contributed by atoms with Gasteiger partial charge in [0.1, 0.15) is 6.10 Å². The Bertz CT molecular complexity index is 338. The first-order chi connectivity index (χ1) is 9.41. The number of ether oxygens (including phenoxy) is 1. The van der Waals surface area contributed by atoms with Crippen LogP contribution in [0.4, 0.5) is 0 Å². The summed E-state index contributed by atoms with van der Waals surface area (Å²) in [5.41, 5.74) is 5.96. The first-order valence-corrected chi connectivity index (χ1v) is 8.06. The van der Waals surface area contributed by atoms with Crippen LogP contribution in [-0.4, -0.2) is 42.6 Å². The lowest BCUT2D eigenvalue weighted by molar-refractivity contribution is -0.142. The fourth-order valence-corrected chi connectivity index (χ4v) is 3.45. The first kappa shape index (κ1) is 15.8. The molecule has 4 nitrogen and oxygen atoms in total. The maximum Gasteiger partial charge on any atom is 0.251 e. The van der Waals surface area contributed by atoms with Crippen LogP contribution in [0.1, 0.15) is 52.9 Å². The lowest BCUT2D eigenvalue weighted by Gasteiger charge is -2.30. The molecule has 0 spiro atoms. The van der Waals surface area contributed by atoms with Crippen LogP contribution in [-0.2, 0) is 9.53 Å². The van der Waals surface area contributed by atoms with Gasteiger partial charge in [-0.3, -0.25) is 4.79 Å². The molecule has 1 amide bonds. The minimum atomic E-state index is -0.241. The summed E-state index contributed by atoms with van der Waals surface area (Å²) in [6.45, 7) is 9.21. The summed E-state index contributed by atoms with van der Waals surface area (Å²) < 4.78 is 5.74. The zero-order chi connectivity index (χ0) is 14.8. The van der Waals surface area contributed by atoms with Crippen molar-refractivity contribution >= 4 is 5.91 Å². The molecule has 0 aromatic carbocycles. The second kappa shape index (κ2) is 6.44. The van der Waals surface area contributed by atoms with Crippen LogP contribution in [0.5, 0.6) is 0 Å². The van der Waals surface area contributed by atoms with Crippen LogP contribution < -0.4 is 5.73 Å². The number of nitrogens with zero attached hydrogens (tertiary/aromatic N) is 1. The van der Waals surface area contributed by atoms with Gasteiger partial charge in [0.15, 0.2) is 0 Å². The number of carbonyl (C=O) groups excluding carboxylic acids is 1. The predicted octanol–water partition coefficient (Wildman–Crippen LogP) is 2.17. The van der Waals surface area contributed by atoms with Gasteiger partial charge in [-0.2, -0.15) is 0 Å². The molecular weight excluding hydrogens is 252 g/mol. The summed E-state index contributed by atoms with van der Waals surface area (Å²) in [5.74, 6) is 0.900. The van der Waals surface area contributed by atoms with Gasteiger partial charge in [-0.25, -0.2) is 0 Å². The minimum absolute atomic E-state index is 0.0817. The van der Waals surface area contributed by atoms with Crippen molar-refractivity contribution in [2.45, 2.75) is 65.1 Å². The quantitative estimate of drug-likeness (QED) is 0.844. The van der Waals surface area contributed by atoms with E-state index < -0.39 is 0 Å². The molecule has 1 unspecified atom stereocenters. The van der Waals surface area contributed by atoms with E-state index in [1.807, 2.05) is 4.90 Å². The van der Waals surface area contributed by atoms with E-state index in [0.717, 1.165) is 38.8 Å². The Labute approximate surface area is 123 Å². The smallest absolute Gasteiger partial charge is 0.251 e. The van der Waals surface area contributed by atoms with Crippen LogP contribution >= 0.6 is 0 Å². The molecule has 2 aliphatic heterocycles. The second-order valence-electron chi connectivity index (χ2n) is 7.38. The summed E-state index contributed by atoms with van der Waals surface area (Å²) >= 11 is 0. The first-order valence-electron chi connectivity index (χ1n) is 8.06. The van der Waals surface area contributed by atoms with Crippen LogP contribution in [0.25, 0.3) is 0 Å². The normalized spacial score (nSPS) is 32.2. The van der Waals surface area contributed by atoms with Crippen LogP contribution in [0.3, 0.4) is 0 Å². The molecule has 4 heteroatoms. The number of amides is 1. The van der Waals surface area contributed by atoms with Crippen LogP contribution in [0.15, 0.2) is 0 Å². The zero-order valence-corrected chi connectivity index (χ0v) is 13.2. The molecule has 2 rings (SSSR count). The Kier molecular flexibility index (Phi) is 5.08. The lowest BCUT2D eigenvalue weighted by atomic mass is 9.77. The van der Waals surface area contributed by atoms with Crippen molar-refractivity contribution in [2.24, 2.45) is 17.1 Å². The molecule has 2 N–H and O–H groups in total. The standard InChI is InChI=1S/C16H30N2O2/c1-16(2,3)12-5-4-9-18(10-8-12)15(19)14-7-6-13(11-17)20-14/h12-14H,4-11,17H2,1-3H3/t12?,13-,14+/m1/s1. The van der Waals surface area contributed by atoms with Gasteiger partial charge in [-0.05, 0) is 43.4 Å². The van der Waals surface area contributed by atoms with E-state index in [1.54, 1.807) is 0 Å². The third kappa shape index (κ3) is 3.73. The van der Waals surface area contributed by atoms with Gasteiger partial charge in [0, 0.05) is 19.6 Å². The van der Waals surface area contributed by atoms with Gasteiger partial charge in [-0.1, -0.05) is 20.8 Å². The highest BCUT2D eigenvalue weighted by Crippen LogP contribution is 2.34. The van der Waals surface area contributed by atoms with Gasteiger partial charge in [0.05, 0.1) is 6.10 Å². The highest BCUT2D eigenvalue weighted by molar-refractivity contribution is 5.81. The maximum absolute atomic E-state index is 12.5. The molecule has 0 radical (unpaired) electrons. The van der Waals surface area contributed by atoms with Crippen molar-refractivity contribution in [2.75, 3.05) is 19.6 Å².